The third kappa shape index (κ3) is 2.32. The number of hydrogen-bond acceptors (Lipinski definition) is 4. The summed E-state index contributed by atoms with van der Waals surface area (Å²) in [5.41, 5.74) is 7.11. The van der Waals surface area contributed by atoms with Crippen LogP contribution < -0.4 is 11.5 Å². The van der Waals surface area contributed by atoms with Gasteiger partial charge in [0, 0.05) is 31.1 Å². The summed E-state index contributed by atoms with van der Waals surface area (Å²) >= 11 is 6.10. The number of rotatable bonds is 4. The summed E-state index contributed by atoms with van der Waals surface area (Å²) in [5, 5.41) is 11.6. The lowest BCUT2D eigenvalue weighted by atomic mass is 10.1. The number of halogens is 1. The largest absolute Gasteiger partial charge is 0.492 e. The van der Waals surface area contributed by atoms with Crippen molar-refractivity contribution in [1.29, 1.82) is 0 Å². The Morgan fingerprint density at radius 3 is 3.00 bits per heavy atom. The van der Waals surface area contributed by atoms with Gasteiger partial charge in [0.1, 0.15) is 0 Å². The van der Waals surface area contributed by atoms with Crippen LogP contribution in [0.4, 0.5) is 0 Å². The van der Waals surface area contributed by atoms with Gasteiger partial charge in [0.05, 0.1) is 10.5 Å². The van der Waals surface area contributed by atoms with Crippen LogP contribution in [-0.4, -0.2) is 21.2 Å². The van der Waals surface area contributed by atoms with Crippen molar-refractivity contribution in [3.63, 3.8) is 0 Å². The second-order valence-corrected chi connectivity index (χ2v) is 5.12. The first-order chi connectivity index (χ1) is 10.1. The van der Waals surface area contributed by atoms with E-state index in [2.05, 4.69) is 4.98 Å². The van der Waals surface area contributed by atoms with Crippen LogP contribution in [0.3, 0.4) is 0 Å². The molecule has 3 rings (SSSR count). The molecule has 3 aromatic rings. The molecule has 0 saturated heterocycles. The molecule has 7 heteroatoms. The Bertz CT molecular complexity index is 847. The monoisotopic (exact) mass is 307 g/mol. The first kappa shape index (κ1) is 13.8. The van der Waals surface area contributed by atoms with E-state index in [9.17, 15) is 9.90 Å². The number of H-pyrrole nitrogens is 1. The smallest absolute Gasteiger partial charge is 0.422 e. The van der Waals surface area contributed by atoms with Crippen LogP contribution in [0.1, 0.15) is 11.3 Å². The van der Waals surface area contributed by atoms with E-state index >= 15 is 0 Å². The molecule has 0 bridgehead atoms. The molecule has 2 aromatic heterocycles. The SMILES string of the molecule is NCCn1c(O)c(Cc2c[nH]c3c(Cl)cccc23)oc1=O. The molecule has 0 unspecified atom stereocenters. The zero-order valence-corrected chi connectivity index (χ0v) is 11.9. The minimum Gasteiger partial charge on any atom is -0.492 e. The third-order valence-corrected chi connectivity index (χ3v) is 3.70. The molecule has 0 saturated carbocycles. The average Bonchev–Trinajstić information content (AvgIpc) is 2.98. The van der Waals surface area contributed by atoms with E-state index < -0.39 is 5.76 Å². The van der Waals surface area contributed by atoms with E-state index in [1.54, 1.807) is 12.3 Å². The molecule has 6 nitrogen and oxygen atoms in total. The van der Waals surface area contributed by atoms with Gasteiger partial charge in [0.2, 0.25) is 5.88 Å². The van der Waals surface area contributed by atoms with Gasteiger partial charge in [-0.25, -0.2) is 9.36 Å². The highest BCUT2D eigenvalue weighted by atomic mass is 35.5. The van der Waals surface area contributed by atoms with Crippen molar-refractivity contribution in [1.82, 2.24) is 9.55 Å². The second-order valence-electron chi connectivity index (χ2n) is 4.71. The van der Waals surface area contributed by atoms with Gasteiger partial charge in [0.15, 0.2) is 5.76 Å². The summed E-state index contributed by atoms with van der Waals surface area (Å²) in [6, 6.07) is 5.55. The van der Waals surface area contributed by atoms with Crippen LogP contribution in [0.5, 0.6) is 5.88 Å². The highest BCUT2D eigenvalue weighted by Gasteiger charge is 2.17. The number of aromatic amines is 1. The van der Waals surface area contributed by atoms with E-state index in [1.807, 2.05) is 12.1 Å². The fraction of sp³-hybridized carbons (Fsp3) is 0.214. The van der Waals surface area contributed by atoms with E-state index in [-0.39, 0.29) is 24.7 Å². The quantitative estimate of drug-likeness (QED) is 0.685. The number of fused-ring (bicyclic) bond motifs is 1. The van der Waals surface area contributed by atoms with Gasteiger partial charge in [-0.1, -0.05) is 23.7 Å². The molecular weight excluding hydrogens is 294 g/mol. The summed E-state index contributed by atoms with van der Waals surface area (Å²) in [5.74, 6) is -0.568. The van der Waals surface area contributed by atoms with Crippen LogP contribution in [0.2, 0.25) is 5.02 Å². The summed E-state index contributed by atoms with van der Waals surface area (Å²) in [4.78, 5) is 14.7. The fourth-order valence-corrected chi connectivity index (χ4v) is 2.61. The minimum absolute atomic E-state index is 0.179. The number of nitrogens with zero attached hydrogens (tertiary/aromatic N) is 1. The molecule has 0 amide bonds. The lowest BCUT2D eigenvalue weighted by molar-refractivity contribution is 0.409. The number of aromatic nitrogens is 2. The Labute approximate surface area is 124 Å². The fourth-order valence-electron chi connectivity index (χ4n) is 2.38. The van der Waals surface area contributed by atoms with E-state index in [1.165, 1.54) is 0 Å². The predicted octanol–water partition coefficient (Wildman–Crippen LogP) is 1.83. The van der Waals surface area contributed by atoms with Gasteiger partial charge < -0.3 is 20.2 Å². The van der Waals surface area contributed by atoms with Crippen molar-refractivity contribution in [2.75, 3.05) is 6.54 Å². The number of benzene rings is 1. The molecule has 2 heterocycles. The Kier molecular flexibility index (Phi) is 3.48. The van der Waals surface area contributed by atoms with Crippen LogP contribution in [0.25, 0.3) is 10.9 Å². The van der Waals surface area contributed by atoms with Crippen LogP contribution in [0, 0.1) is 0 Å². The lowest BCUT2D eigenvalue weighted by Gasteiger charge is -2.00. The summed E-state index contributed by atoms with van der Waals surface area (Å²) in [7, 11) is 0. The predicted molar refractivity (Wildman–Crippen MR) is 79.8 cm³/mol. The van der Waals surface area contributed by atoms with Crippen molar-refractivity contribution >= 4 is 22.5 Å². The highest BCUT2D eigenvalue weighted by molar-refractivity contribution is 6.35. The molecule has 0 aliphatic rings. The lowest BCUT2D eigenvalue weighted by Crippen LogP contribution is -2.19. The number of nitrogens with two attached hydrogens (primary N) is 1. The van der Waals surface area contributed by atoms with Crippen molar-refractivity contribution in [2.24, 2.45) is 5.73 Å². The third-order valence-electron chi connectivity index (χ3n) is 3.39. The minimum atomic E-state index is -0.606. The van der Waals surface area contributed by atoms with Crippen molar-refractivity contribution in [2.45, 2.75) is 13.0 Å². The number of aromatic hydroxyl groups is 1. The molecule has 0 atom stereocenters. The molecule has 0 fully saturated rings. The number of oxazole rings is 1. The van der Waals surface area contributed by atoms with Gasteiger partial charge in [0.25, 0.3) is 0 Å². The standard InChI is InChI=1S/C14H14ClN3O3/c15-10-3-1-2-9-8(7-17-12(9)10)6-11-13(19)18(5-4-16)14(20)21-11/h1-3,7,17,19H,4-6,16H2. The van der Waals surface area contributed by atoms with E-state index in [0.29, 0.717) is 11.4 Å². The number of para-hydroxylation sites is 1. The molecule has 1 aromatic carbocycles. The first-order valence-corrected chi connectivity index (χ1v) is 6.85. The molecule has 110 valence electrons. The first-order valence-electron chi connectivity index (χ1n) is 6.48. The van der Waals surface area contributed by atoms with Crippen molar-refractivity contribution in [3.8, 4) is 5.88 Å². The maximum absolute atomic E-state index is 11.6. The van der Waals surface area contributed by atoms with Gasteiger partial charge in [-0.2, -0.15) is 0 Å². The van der Waals surface area contributed by atoms with Gasteiger partial charge >= 0.3 is 5.76 Å². The zero-order valence-electron chi connectivity index (χ0n) is 11.1. The highest BCUT2D eigenvalue weighted by Crippen LogP contribution is 2.28. The van der Waals surface area contributed by atoms with Crippen LogP contribution in [-0.2, 0) is 13.0 Å². The molecule has 0 aliphatic carbocycles. The normalized spacial score (nSPS) is 11.3. The summed E-state index contributed by atoms with van der Waals surface area (Å²) < 4.78 is 6.23. The second kappa shape index (κ2) is 5.31. The zero-order chi connectivity index (χ0) is 15.0. The van der Waals surface area contributed by atoms with E-state index in [0.717, 1.165) is 21.0 Å². The molecule has 21 heavy (non-hydrogen) atoms. The molecular formula is C14H14ClN3O3. The maximum atomic E-state index is 11.6. The summed E-state index contributed by atoms with van der Waals surface area (Å²) in [6.45, 7) is 0.461. The van der Waals surface area contributed by atoms with Gasteiger partial charge in [-0.3, -0.25) is 0 Å². The Morgan fingerprint density at radius 1 is 1.43 bits per heavy atom. The Morgan fingerprint density at radius 2 is 2.24 bits per heavy atom. The van der Waals surface area contributed by atoms with Crippen LogP contribution >= 0.6 is 11.6 Å². The number of hydrogen-bond donors (Lipinski definition) is 3. The van der Waals surface area contributed by atoms with E-state index in [4.69, 9.17) is 21.8 Å². The number of nitrogens with one attached hydrogen (secondary N) is 1. The van der Waals surface area contributed by atoms with Crippen molar-refractivity contribution < 1.29 is 9.52 Å². The topological polar surface area (TPSA) is 97.2 Å². The molecule has 0 spiro atoms. The molecule has 0 aliphatic heterocycles. The molecule has 0 radical (unpaired) electrons. The van der Waals surface area contributed by atoms with Gasteiger partial charge in [-0.15, -0.1) is 0 Å². The average molecular weight is 308 g/mol. The Balaban J connectivity index is 2.01. The van der Waals surface area contributed by atoms with Crippen molar-refractivity contribution in [3.05, 3.63) is 51.3 Å². The Hall–Kier alpha value is -2.18. The summed E-state index contributed by atoms with van der Waals surface area (Å²) in [6.07, 6.45) is 2.08. The van der Waals surface area contributed by atoms with Gasteiger partial charge in [-0.05, 0) is 11.6 Å². The van der Waals surface area contributed by atoms with Crippen LogP contribution in [0.15, 0.2) is 33.6 Å². The maximum Gasteiger partial charge on any atom is 0.422 e. The molecule has 4 N–H and O–H groups in total.